The Hall–Kier alpha value is -2.26. The maximum Gasteiger partial charge on any atom is 0.354 e. The van der Waals surface area contributed by atoms with E-state index in [0.29, 0.717) is 6.54 Å². The summed E-state index contributed by atoms with van der Waals surface area (Å²) in [4.78, 5) is 20.4. The van der Waals surface area contributed by atoms with Gasteiger partial charge in [0.15, 0.2) is 0 Å². The first kappa shape index (κ1) is 14.2. The number of hydrogen-bond acceptors (Lipinski definition) is 8. The van der Waals surface area contributed by atoms with Crippen LogP contribution in [-0.2, 0) is 6.54 Å². The first-order valence-corrected chi connectivity index (χ1v) is 6.60. The zero-order valence-electron chi connectivity index (χ0n) is 11.0. The summed E-state index contributed by atoms with van der Waals surface area (Å²) in [7, 11) is 0. The lowest BCUT2D eigenvalue weighted by molar-refractivity contribution is -0.383. The molecule has 0 aliphatic rings. The highest BCUT2D eigenvalue weighted by Crippen LogP contribution is 2.29. The summed E-state index contributed by atoms with van der Waals surface area (Å²) in [6.45, 7) is 4.52. The third-order valence-electron chi connectivity index (χ3n) is 2.79. The van der Waals surface area contributed by atoms with Crippen LogP contribution in [0.1, 0.15) is 15.3 Å². The fraction of sp³-hybridized carbons (Fsp3) is 0.273. The summed E-state index contributed by atoms with van der Waals surface area (Å²) >= 11 is 1.64. The van der Waals surface area contributed by atoms with Crippen molar-refractivity contribution in [2.24, 2.45) is 5.84 Å². The third-order valence-corrected chi connectivity index (χ3v) is 3.94. The van der Waals surface area contributed by atoms with E-state index >= 15 is 0 Å². The van der Waals surface area contributed by atoms with Crippen molar-refractivity contribution < 1.29 is 4.92 Å². The molecule has 0 saturated carbocycles. The van der Waals surface area contributed by atoms with Crippen molar-refractivity contribution in [2.75, 3.05) is 10.7 Å². The van der Waals surface area contributed by atoms with Crippen molar-refractivity contribution in [3.63, 3.8) is 0 Å². The highest BCUT2D eigenvalue weighted by molar-refractivity contribution is 7.12. The van der Waals surface area contributed by atoms with Gasteiger partial charge in [-0.05, 0) is 25.5 Å². The maximum atomic E-state index is 11.1. The Morgan fingerprint density at radius 3 is 2.65 bits per heavy atom. The molecule has 0 amide bonds. The Morgan fingerprint density at radius 1 is 1.40 bits per heavy atom. The number of rotatable bonds is 5. The largest absolute Gasteiger partial charge is 0.359 e. The van der Waals surface area contributed by atoms with Crippen molar-refractivity contribution in [1.82, 2.24) is 9.97 Å². The zero-order chi connectivity index (χ0) is 14.7. The van der Waals surface area contributed by atoms with Gasteiger partial charge in [-0.2, -0.15) is 0 Å². The monoisotopic (exact) mass is 294 g/mol. The molecule has 0 saturated heterocycles. The summed E-state index contributed by atoms with van der Waals surface area (Å²) < 4.78 is 0. The number of thiophene rings is 1. The van der Waals surface area contributed by atoms with E-state index in [9.17, 15) is 10.1 Å². The average molecular weight is 294 g/mol. The van der Waals surface area contributed by atoms with E-state index in [1.54, 1.807) is 11.3 Å². The lowest BCUT2D eigenvalue weighted by atomic mass is 10.3. The number of nitrogen functional groups attached to an aromatic ring is 1. The molecule has 2 aromatic rings. The van der Waals surface area contributed by atoms with Gasteiger partial charge >= 0.3 is 5.69 Å². The standard InChI is InChI=1S/C11H14N6O2S/c1-6-3-8(20-7(6)2)4-13-10-9(17(18)19)11(16-12)15-5-14-10/h3,5H,4,12H2,1-2H3,(H2,13,14,15,16). The summed E-state index contributed by atoms with van der Waals surface area (Å²) in [5.74, 6) is 5.34. The molecule has 2 rings (SSSR count). The van der Waals surface area contributed by atoms with Gasteiger partial charge in [-0.3, -0.25) is 10.1 Å². The van der Waals surface area contributed by atoms with Crippen molar-refractivity contribution in [3.05, 3.63) is 37.8 Å². The first-order chi connectivity index (χ1) is 9.52. The van der Waals surface area contributed by atoms with Crippen LogP contribution in [-0.4, -0.2) is 14.9 Å². The lowest BCUT2D eigenvalue weighted by Gasteiger charge is -2.06. The molecule has 0 spiro atoms. The summed E-state index contributed by atoms with van der Waals surface area (Å²) in [6, 6.07) is 2.04. The van der Waals surface area contributed by atoms with Gasteiger partial charge in [0, 0.05) is 9.75 Å². The summed E-state index contributed by atoms with van der Waals surface area (Å²) in [5, 5.41) is 14.0. The molecule has 0 unspecified atom stereocenters. The van der Waals surface area contributed by atoms with Crippen LogP contribution in [0.15, 0.2) is 12.4 Å². The predicted molar refractivity (Wildman–Crippen MR) is 77.6 cm³/mol. The second-order valence-electron chi connectivity index (χ2n) is 4.13. The van der Waals surface area contributed by atoms with Crippen LogP contribution >= 0.6 is 11.3 Å². The molecular weight excluding hydrogens is 280 g/mol. The number of nitrogens with zero attached hydrogens (tertiary/aromatic N) is 3. The first-order valence-electron chi connectivity index (χ1n) is 5.78. The minimum absolute atomic E-state index is 0.0222. The molecule has 20 heavy (non-hydrogen) atoms. The molecule has 9 heteroatoms. The summed E-state index contributed by atoms with van der Waals surface area (Å²) in [5.41, 5.74) is 3.14. The molecule has 2 aromatic heterocycles. The second kappa shape index (κ2) is 5.80. The lowest BCUT2D eigenvalue weighted by Crippen LogP contribution is -2.13. The van der Waals surface area contributed by atoms with E-state index in [0.717, 1.165) is 4.88 Å². The molecule has 8 nitrogen and oxygen atoms in total. The number of nitrogens with two attached hydrogens (primary N) is 1. The van der Waals surface area contributed by atoms with Crippen molar-refractivity contribution >= 4 is 28.7 Å². The van der Waals surface area contributed by atoms with Crippen LogP contribution in [0.3, 0.4) is 0 Å². The number of aryl methyl sites for hydroxylation is 2. The van der Waals surface area contributed by atoms with Crippen LogP contribution in [0.2, 0.25) is 0 Å². The molecule has 0 aliphatic carbocycles. The smallest absolute Gasteiger partial charge is 0.354 e. The van der Waals surface area contributed by atoms with Crippen LogP contribution in [0, 0.1) is 24.0 Å². The quantitative estimate of drug-likeness (QED) is 0.438. The second-order valence-corrected chi connectivity index (χ2v) is 5.47. The number of anilines is 2. The van der Waals surface area contributed by atoms with E-state index < -0.39 is 4.92 Å². The van der Waals surface area contributed by atoms with Crippen LogP contribution < -0.4 is 16.6 Å². The van der Waals surface area contributed by atoms with E-state index in [4.69, 9.17) is 5.84 Å². The van der Waals surface area contributed by atoms with Crippen LogP contribution in [0.4, 0.5) is 17.3 Å². The molecule has 2 heterocycles. The van der Waals surface area contributed by atoms with Crippen molar-refractivity contribution in [3.8, 4) is 0 Å². The Kier molecular flexibility index (Phi) is 4.11. The number of hydrazine groups is 1. The van der Waals surface area contributed by atoms with Gasteiger partial charge < -0.3 is 10.7 Å². The molecule has 0 fully saturated rings. The van der Waals surface area contributed by atoms with Crippen molar-refractivity contribution in [2.45, 2.75) is 20.4 Å². The minimum Gasteiger partial charge on any atom is -0.359 e. The van der Waals surface area contributed by atoms with Crippen molar-refractivity contribution in [1.29, 1.82) is 0 Å². The molecule has 0 aromatic carbocycles. The van der Waals surface area contributed by atoms with Gasteiger partial charge in [-0.15, -0.1) is 11.3 Å². The predicted octanol–water partition coefficient (Wildman–Crippen LogP) is 1.96. The van der Waals surface area contributed by atoms with Crippen LogP contribution in [0.25, 0.3) is 0 Å². The Morgan fingerprint density at radius 2 is 2.10 bits per heavy atom. The van der Waals surface area contributed by atoms with Gasteiger partial charge in [0.2, 0.25) is 11.6 Å². The van der Waals surface area contributed by atoms with Gasteiger partial charge in [-0.25, -0.2) is 15.8 Å². The molecular formula is C11H14N6O2S. The fourth-order valence-electron chi connectivity index (χ4n) is 1.69. The van der Waals surface area contributed by atoms with Gasteiger partial charge in [0.05, 0.1) is 11.5 Å². The molecule has 106 valence electrons. The van der Waals surface area contributed by atoms with Gasteiger partial charge in [-0.1, -0.05) is 0 Å². The molecule has 0 radical (unpaired) electrons. The summed E-state index contributed by atoms with van der Waals surface area (Å²) in [6.07, 6.45) is 1.22. The number of nitrogens with one attached hydrogen (secondary N) is 2. The van der Waals surface area contributed by atoms with Gasteiger partial charge in [0.25, 0.3) is 0 Å². The molecule has 0 atom stereocenters. The fourth-order valence-corrected chi connectivity index (χ4v) is 2.69. The van der Waals surface area contributed by atoms with Gasteiger partial charge in [0.1, 0.15) is 6.33 Å². The topological polar surface area (TPSA) is 119 Å². The highest BCUT2D eigenvalue weighted by atomic mass is 32.1. The number of nitro groups is 1. The molecule has 4 N–H and O–H groups in total. The normalized spacial score (nSPS) is 10.3. The average Bonchev–Trinajstić information content (AvgIpc) is 2.74. The molecule has 0 aliphatic heterocycles. The maximum absolute atomic E-state index is 11.1. The Labute approximate surface area is 119 Å². The van der Waals surface area contributed by atoms with E-state index in [1.165, 1.54) is 16.8 Å². The third kappa shape index (κ3) is 2.83. The number of aromatic nitrogens is 2. The SMILES string of the molecule is Cc1cc(CNc2ncnc(NN)c2[N+](=O)[O-])sc1C. The van der Waals surface area contributed by atoms with E-state index in [1.807, 2.05) is 19.9 Å². The Balaban J connectivity index is 2.23. The Bertz CT molecular complexity index is 622. The number of hydrogen-bond donors (Lipinski definition) is 3. The van der Waals surface area contributed by atoms with Crippen LogP contribution in [0.5, 0.6) is 0 Å². The highest BCUT2D eigenvalue weighted by Gasteiger charge is 2.22. The minimum atomic E-state index is -0.567. The molecule has 0 bridgehead atoms. The van der Waals surface area contributed by atoms with E-state index in [2.05, 4.69) is 20.7 Å². The van der Waals surface area contributed by atoms with E-state index in [-0.39, 0.29) is 17.3 Å². The zero-order valence-corrected chi connectivity index (χ0v) is 11.8.